The van der Waals surface area contributed by atoms with Crippen molar-refractivity contribution >= 4 is 11.7 Å². The molecule has 0 atom stereocenters. The minimum atomic E-state index is -5.03. The molecule has 8 heteroatoms. The Kier molecular flexibility index (Phi) is 2.89. The quantitative estimate of drug-likeness (QED) is 0.426. The van der Waals surface area contributed by atoms with Gasteiger partial charge in [0.05, 0.1) is 18.1 Å². The molecule has 0 spiro atoms. The van der Waals surface area contributed by atoms with Crippen molar-refractivity contribution in [3.05, 3.63) is 18.1 Å². The lowest BCUT2D eigenvalue weighted by atomic mass is 10.5. The van der Waals surface area contributed by atoms with Gasteiger partial charge in [-0.2, -0.15) is 13.2 Å². The lowest BCUT2D eigenvalue weighted by Crippen LogP contribution is -2.46. The molecule has 1 heterocycles. The molecule has 1 aromatic heterocycles. The highest BCUT2D eigenvalue weighted by Crippen LogP contribution is 2.19. The van der Waals surface area contributed by atoms with Crippen LogP contribution in [0.3, 0.4) is 0 Å². The monoisotopic (exact) mass is 220 g/mol. The van der Waals surface area contributed by atoms with Crippen molar-refractivity contribution in [1.29, 1.82) is 0 Å². The molecule has 5 nitrogen and oxygen atoms in total. The van der Waals surface area contributed by atoms with E-state index in [9.17, 15) is 18.0 Å². The number of anilines is 1. The van der Waals surface area contributed by atoms with Gasteiger partial charge in [0, 0.05) is 0 Å². The van der Waals surface area contributed by atoms with Gasteiger partial charge in [0.15, 0.2) is 5.82 Å². The minimum absolute atomic E-state index is 0.0908. The summed E-state index contributed by atoms with van der Waals surface area (Å²) in [6.45, 7) is 1.60. The number of rotatable bonds is 1. The van der Waals surface area contributed by atoms with Crippen LogP contribution in [0.2, 0.25) is 0 Å². The minimum Gasteiger partial charge on any atom is -0.262 e. The summed E-state index contributed by atoms with van der Waals surface area (Å²) in [5.74, 6) is 2.38. The number of alkyl halides is 3. The van der Waals surface area contributed by atoms with E-state index >= 15 is 0 Å². The zero-order valence-corrected chi connectivity index (χ0v) is 7.62. The number of carbonyl (C=O) groups excluding carboxylic acids is 1. The molecular formula is C7H7F3N4O. The van der Waals surface area contributed by atoms with Crippen LogP contribution in [0.5, 0.6) is 0 Å². The molecule has 0 unspecified atom stereocenters. The van der Waals surface area contributed by atoms with Crippen LogP contribution in [0.1, 0.15) is 5.69 Å². The normalized spacial score (nSPS) is 11.3. The number of nitrogens with two attached hydrogens (primary N) is 1. The summed E-state index contributed by atoms with van der Waals surface area (Å²) in [5.41, 5.74) is 0.506. The van der Waals surface area contributed by atoms with E-state index in [4.69, 9.17) is 5.84 Å². The van der Waals surface area contributed by atoms with Gasteiger partial charge in [-0.1, -0.05) is 0 Å². The fourth-order valence-corrected chi connectivity index (χ4v) is 0.751. The molecule has 0 fully saturated rings. The average Bonchev–Trinajstić information content (AvgIpc) is 2.15. The van der Waals surface area contributed by atoms with E-state index in [-0.39, 0.29) is 10.8 Å². The van der Waals surface area contributed by atoms with Gasteiger partial charge in [-0.05, 0) is 6.92 Å². The van der Waals surface area contributed by atoms with Crippen LogP contribution >= 0.6 is 0 Å². The SMILES string of the molecule is Cc1cnc(N(N)C(=O)C(F)(F)F)cn1. The van der Waals surface area contributed by atoms with Gasteiger partial charge in [0.1, 0.15) is 0 Å². The summed E-state index contributed by atoms with van der Waals surface area (Å²) in [6, 6.07) is 0. The average molecular weight is 220 g/mol. The van der Waals surface area contributed by atoms with Gasteiger partial charge in [-0.15, -0.1) is 0 Å². The molecule has 0 aliphatic rings. The predicted octanol–water partition coefficient (Wildman–Crippen LogP) is 0.554. The van der Waals surface area contributed by atoms with E-state index < -0.39 is 12.1 Å². The number of hydrazine groups is 1. The van der Waals surface area contributed by atoms with Crippen molar-refractivity contribution in [1.82, 2.24) is 9.97 Å². The van der Waals surface area contributed by atoms with Crippen molar-refractivity contribution in [3.8, 4) is 0 Å². The number of aryl methyl sites for hydroxylation is 1. The Morgan fingerprint density at radius 1 is 1.40 bits per heavy atom. The highest BCUT2D eigenvalue weighted by Gasteiger charge is 2.42. The largest absolute Gasteiger partial charge is 0.473 e. The number of nitrogens with zero attached hydrogens (tertiary/aromatic N) is 3. The number of hydrogen-bond acceptors (Lipinski definition) is 4. The molecular weight excluding hydrogens is 213 g/mol. The summed E-state index contributed by atoms with van der Waals surface area (Å²) < 4.78 is 35.8. The Labute approximate surface area is 82.7 Å². The Morgan fingerprint density at radius 3 is 2.40 bits per heavy atom. The maximum atomic E-state index is 11.9. The first kappa shape index (κ1) is 11.4. The van der Waals surface area contributed by atoms with Gasteiger partial charge in [0.2, 0.25) is 0 Å². The Balaban J connectivity index is 2.90. The molecule has 1 aromatic rings. The second-order valence-corrected chi connectivity index (χ2v) is 2.69. The van der Waals surface area contributed by atoms with E-state index in [2.05, 4.69) is 9.97 Å². The summed E-state index contributed by atoms with van der Waals surface area (Å²) >= 11 is 0. The second kappa shape index (κ2) is 3.81. The zero-order valence-electron chi connectivity index (χ0n) is 7.62. The van der Waals surface area contributed by atoms with Crippen molar-refractivity contribution in [2.45, 2.75) is 13.1 Å². The van der Waals surface area contributed by atoms with Crippen molar-refractivity contribution < 1.29 is 18.0 Å². The number of hydrogen-bond donors (Lipinski definition) is 1. The first-order chi connectivity index (χ1) is 6.82. The summed E-state index contributed by atoms with van der Waals surface area (Å²) in [5, 5.41) is -0.0908. The van der Waals surface area contributed by atoms with Crippen LogP contribution in [0, 0.1) is 6.92 Å². The van der Waals surface area contributed by atoms with Crippen LogP contribution in [0.4, 0.5) is 19.0 Å². The fourth-order valence-electron chi connectivity index (χ4n) is 0.751. The summed E-state index contributed by atoms with van der Waals surface area (Å²) in [6.07, 6.45) is -2.83. The molecule has 0 bridgehead atoms. The van der Waals surface area contributed by atoms with Crippen LogP contribution in [0.25, 0.3) is 0 Å². The molecule has 1 amide bonds. The van der Waals surface area contributed by atoms with E-state index in [0.717, 1.165) is 6.20 Å². The standard InChI is InChI=1S/C7H7F3N4O/c1-4-2-13-5(3-12-4)14(11)6(15)7(8,9)10/h2-3H,11H2,1H3. The fraction of sp³-hybridized carbons (Fsp3) is 0.286. The molecule has 0 saturated heterocycles. The Morgan fingerprint density at radius 2 is 2.00 bits per heavy atom. The summed E-state index contributed by atoms with van der Waals surface area (Å²) in [7, 11) is 0. The van der Waals surface area contributed by atoms with E-state index in [1.165, 1.54) is 6.20 Å². The third-order valence-electron chi connectivity index (χ3n) is 1.48. The van der Waals surface area contributed by atoms with Crippen molar-refractivity contribution in [3.63, 3.8) is 0 Å². The van der Waals surface area contributed by atoms with Crippen LogP contribution in [-0.4, -0.2) is 22.1 Å². The highest BCUT2D eigenvalue weighted by molar-refractivity contribution is 5.95. The predicted molar refractivity (Wildman–Crippen MR) is 44.5 cm³/mol. The van der Waals surface area contributed by atoms with Gasteiger partial charge in [-0.25, -0.2) is 15.8 Å². The van der Waals surface area contributed by atoms with Crippen LogP contribution in [-0.2, 0) is 4.79 Å². The number of carbonyl (C=O) groups is 1. The maximum absolute atomic E-state index is 11.9. The van der Waals surface area contributed by atoms with Gasteiger partial charge >= 0.3 is 12.1 Å². The zero-order chi connectivity index (χ0) is 11.6. The van der Waals surface area contributed by atoms with E-state index in [1.807, 2.05) is 0 Å². The molecule has 15 heavy (non-hydrogen) atoms. The Hall–Kier alpha value is -1.70. The Bertz CT molecular complexity index is 361. The lowest BCUT2D eigenvalue weighted by molar-refractivity contribution is -0.170. The second-order valence-electron chi connectivity index (χ2n) is 2.69. The molecule has 0 aromatic carbocycles. The molecule has 0 radical (unpaired) electrons. The number of amides is 1. The molecule has 0 saturated carbocycles. The third-order valence-corrected chi connectivity index (χ3v) is 1.48. The number of aromatic nitrogens is 2. The third kappa shape index (κ3) is 2.62. The summed E-state index contributed by atoms with van der Waals surface area (Å²) in [4.78, 5) is 17.8. The number of halogens is 3. The van der Waals surface area contributed by atoms with E-state index in [1.54, 1.807) is 6.92 Å². The molecule has 0 aliphatic heterocycles. The highest BCUT2D eigenvalue weighted by atomic mass is 19.4. The molecule has 82 valence electrons. The lowest BCUT2D eigenvalue weighted by Gasteiger charge is -2.16. The molecule has 1 rings (SSSR count). The van der Waals surface area contributed by atoms with Gasteiger partial charge < -0.3 is 0 Å². The smallest absolute Gasteiger partial charge is 0.262 e. The maximum Gasteiger partial charge on any atom is 0.473 e. The van der Waals surface area contributed by atoms with Crippen LogP contribution in [0.15, 0.2) is 12.4 Å². The molecule has 2 N–H and O–H groups in total. The molecule has 0 aliphatic carbocycles. The van der Waals surface area contributed by atoms with Crippen molar-refractivity contribution in [2.75, 3.05) is 5.01 Å². The topological polar surface area (TPSA) is 72.1 Å². The first-order valence-corrected chi connectivity index (χ1v) is 3.77. The first-order valence-electron chi connectivity index (χ1n) is 3.77. The van der Waals surface area contributed by atoms with Crippen LogP contribution < -0.4 is 10.9 Å². The van der Waals surface area contributed by atoms with Gasteiger partial charge in [0.25, 0.3) is 0 Å². The van der Waals surface area contributed by atoms with E-state index in [0.29, 0.717) is 5.69 Å². The van der Waals surface area contributed by atoms with Gasteiger partial charge in [-0.3, -0.25) is 9.78 Å². The van der Waals surface area contributed by atoms with Crippen molar-refractivity contribution in [2.24, 2.45) is 5.84 Å².